The summed E-state index contributed by atoms with van der Waals surface area (Å²) >= 11 is 5.07. The molecular weight excluding hydrogens is 417 g/mol. The van der Waals surface area contributed by atoms with Gasteiger partial charge < -0.3 is 4.57 Å². The van der Waals surface area contributed by atoms with Crippen LogP contribution in [0.5, 0.6) is 0 Å². The molecule has 0 N–H and O–H groups in total. The molecule has 0 aromatic carbocycles. The van der Waals surface area contributed by atoms with Crippen molar-refractivity contribution < 1.29 is 13.2 Å². The van der Waals surface area contributed by atoms with Gasteiger partial charge in [-0.3, -0.25) is 0 Å². The molecular formula is C16H14BrF3N4S. The Bertz CT molecular complexity index is 953. The van der Waals surface area contributed by atoms with Crippen LogP contribution in [-0.2, 0) is 13.2 Å². The Balaban J connectivity index is 2.23. The first-order valence-corrected chi connectivity index (χ1v) is 9.20. The van der Waals surface area contributed by atoms with E-state index in [-0.39, 0.29) is 5.52 Å². The van der Waals surface area contributed by atoms with Gasteiger partial charge in [0.05, 0.1) is 11.3 Å². The highest BCUT2D eigenvalue weighted by molar-refractivity contribution is 9.10. The molecule has 25 heavy (non-hydrogen) atoms. The molecule has 0 atom stereocenters. The molecule has 0 fully saturated rings. The van der Waals surface area contributed by atoms with Gasteiger partial charge in [0.15, 0.2) is 11.5 Å². The number of nitrogens with zero attached hydrogens (tertiary/aromatic N) is 4. The summed E-state index contributed by atoms with van der Waals surface area (Å²) < 4.78 is 41.3. The molecule has 3 heterocycles. The number of aromatic nitrogens is 4. The SMILES string of the molecule is CCSc1cc(Br)c(C)nc1-c1nc2cc(C(F)(F)F)cnc2n1C. The number of hydrogen-bond donors (Lipinski definition) is 0. The lowest BCUT2D eigenvalue weighted by atomic mass is 10.2. The van der Waals surface area contributed by atoms with Crippen LogP contribution in [0.4, 0.5) is 13.2 Å². The maximum atomic E-state index is 12.9. The van der Waals surface area contributed by atoms with Crippen molar-refractivity contribution in [1.82, 2.24) is 19.5 Å². The van der Waals surface area contributed by atoms with E-state index < -0.39 is 11.7 Å². The van der Waals surface area contributed by atoms with Crippen molar-refractivity contribution in [3.05, 3.63) is 34.1 Å². The molecule has 0 spiro atoms. The Morgan fingerprint density at radius 2 is 1.96 bits per heavy atom. The Morgan fingerprint density at radius 1 is 1.24 bits per heavy atom. The minimum absolute atomic E-state index is 0.196. The summed E-state index contributed by atoms with van der Waals surface area (Å²) in [5.41, 5.74) is 1.20. The number of alkyl halides is 3. The van der Waals surface area contributed by atoms with Crippen LogP contribution >= 0.6 is 27.7 Å². The van der Waals surface area contributed by atoms with Gasteiger partial charge in [-0.25, -0.2) is 15.0 Å². The smallest absolute Gasteiger partial charge is 0.310 e. The number of rotatable bonds is 3. The summed E-state index contributed by atoms with van der Waals surface area (Å²) in [6.07, 6.45) is -3.62. The largest absolute Gasteiger partial charge is 0.417 e. The van der Waals surface area contributed by atoms with E-state index in [2.05, 4.69) is 30.9 Å². The van der Waals surface area contributed by atoms with Crippen LogP contribution in [0.2, 0.25) is 0 Å². The number of aryl methyl sites for hydroxylation is 2. The fraction of sp³-hybridized carbons (Fsp3) is 0.312. The molecule has 9 heteroatoms. The van der Waals surface area contributed by atoms with Gasteiger partial charge >= 0.3 is 6.18 Å². The Morgan fingerprint density at radius 3 is 2.60 bits per heavy atom. The lowest BCUT2D eigenvalue weighted by Crippen LogP contribution is -2.05. The molecule has 3 aromatic rings. The highest BCUT2D eigenvalue weighted by Crippen LogP contribution is 2.35. The molecule has 132 valence electrons. The predicted molar refractivity (Wildman–Crippen MR) is 95.6 cm³/mol. The van der Waals surface area contributed by atoms with E-state index in [1.165, 1.54) is 0 Å². The summed E-state index contributed by atoms with van der Waals surface area (Å²) in [6, 6.07) is 2.98. The number of imidazole rings is 1. The van der Waals surface area contributed by atoms with E-state index in [4.69, 9.17) is 0 Å². The van der Waals surface area contributed by atoms with Gasteiger partial charge in [-0.2, -0.15) is 13.2 Å². The number of thioether (sulfide) groups is 1. The van der Waals surface area contributed by atoms with Crippen molar-refractivity contribution in [2.45, 2.75) is 24.9 Å². The molecule has 0 aliphatic heterocycles. The van der Waals surface area contributed by atoms with Gasteiger partial charge in [0.1, 0.15) is 11.2 Å². The first-order valence-electron chi connectivity index (χ1n) is 7.42. The molecule has 0 aliphatic rings. The van der Waals surface area contributed by atoms with Crippen LogP contribution < -0.4 is 0 Å². The highest BCUT2D eigenvalue weighted by Gasteiger charge is 2.32. The third kappa shape index (κ3) is 3.39. The zero-order valence-electron chi connectivity index (χ0n) is 13.6. The van der Waals surface area contributed by atoms with Crippen LogP contribution in [0, 0.1) is 6.92 Å². The second-order valence-corrected chi connectivity index (χ2v) is 7.55. The molecule has 0 bridgehead atoms. The second-order valence-electron chi connectivity index (χ2n) is 5.39. The summed E-state index contributed by atoms with van der Waals surface area (Å²) in [7, 11) is 1.73. The maximum absolute atomic E-state index is 12.9. The third-order valence-corrected chi connectivity index (χ3v) is 5.38. The molecule has 3 aromatic heterocycles. The quantitative estimate of drug-likeness (QED) is 0.533. The molecule has 0 unspecified atom stereocenters. The normalized spacial score (nSPS) is 12.1. The highest BCUT2D eigenvalue weighted by atomic mass is 79.9. The number of halogens is 4. The second kappa shape index (κ2) is 6.60. The van der Waals surface area contributed by atoms with Crippen LogP contribution in [0.3, 0.4) is 0 Å². The van der Waals surface area contributed by atoms with E-state index in [0.717, 1.165) is 33.1 Å². The van der Waals surface area contributed by atoms with Crippen molar-refractivity contribution in [2.75, 3.05) is 5.75 Å². The monoisotopic (exact) mass is 430 g/mol. The predicted octanol–water partition coefficient (Wildman–Crippen LogP) is 5.23. The number of pyridine rings is 2. The zero-order chi connectivity index (χ0) is 18.4. The van der Waals surface area contributed by atoms with Crippen LogP contribution in [-0.4, -0.2) is 25.3 Å². The molecule has 0 saturated carbocycles. The Labute approximate surface area is 155 Å². The zero-order valence-corrected chi connectivity index (χ0v) is 16.1. The van der Waals surface area contributed by atoms with Gasteiger partial charge in [0, 0.05) is 22.6 Å². The fourth-order valence-electron chi connectivity index (χ4n) is 2.43. The molecule has 4 nitrogen and oxygen atoms in total. The third-order valence-electron chi connectivity index (χ3n) is 3.66. The van der Waals surface area contributed by atoms with E-state index in [9.17, 15) is 13.2 Å². The van der Waals surface area contributed by atoms with Crippen LogP contribution in [0.25, 0.3) is 22.7 Å². The van der Waals surface area contributed by atoms with E-state index in [1.807, 2.05) is 19.9 Å². The van der Waals surface area contributed by atoms with Crippen LogP contribution in [0.1, 0.15) is 18.2 Å². The first-order chi connectivity index (χ1) is 11.7. The van der Waals surface area contributed by atoms with E-state index >= 15 is 0 Å². The minimum atomic E-state index is -4.45. The van der Waals surface area contributed by atoms with Crippen molar-refractivity contribution in [2.24, 2.45) is 7.05 Å². The van der Waals surface area contributed by atoms with Crippen molar-refractivity contribution in [3.8, 4) is 11.5 Å². The van der Waals surface area contributed by atoms with Crippen LogP contribution in [0.15, 0.2) is 27.7 Å². The molecule has 0 aliphatic carbocycles. The molecule has 0 radical (unpaired) electrons. The summed E-state index contributed by atoms with van der Waals surface area (Å²) in [4.78, 5) is 13.8. The Kier molecular flexibility index (Phi) is 4.80. The van der Waals surface area contributed by atoms with Gasteiger partial charge in [0.2, 0.25) is 0 Å². The van der Waals surface area contributed by atoms with Gasteiger partial charge in [-0.1, -0.05) is 6.92 Å². The maximum Gasteiger partial charge on any atom is 0.417 e. The molecule has 0 saturated heterocycles. The summed E-state index contributed by atoms with van der Waals surface area (Å²) in [6.45, 7) is 3.88. The van der Waals surface area contributed by atoms with E-state index in [1.54, 1.807) is 23.4 Å². The van der Waals surface area contributed by atoms with Gasteiger partial charge in [0.25, 0.3) is 0 Å². The van der Waals surface area contributed by atoms with Crippen molar-refractivity contribution >= 4 is 38.9 Å². The van der Waals surface area contributed by atoms with Crippen molar-refractivity contribution in [1.29, 1.82) is 0 Å². The topological polar surface area (TPSA) is 43.6 Å². The average molecular weight is 431 g/mol. The van der Waals surface area contributed by atoms with Gasteiger partial charge in [-0.15, -0.1) is 11.8 Å². The molecule has 0 amide bonds. The lowest BCUT2D eigenvalue weighted by Gasteiger charge is -2.10. The number of fused-ring (bicyclic) bond motifs is 1. The van der Waals surface area contributed by atoms with E-state index in [0.29, 0.717) is 17.2 Å². The summed E-state index contributed by atoms with van der Waals surface area (Å²) in [5.74, 6) is 1.33. The van der Waals surface area contributed by atoms with Gasteiger partial charge in [-0.05, 0) is 40.7 Å². The van der Waals surface area contributed by atoms with Crippen molar-refractivity contribution in [3.63, 3.8) is 0 Å². The Hall–Kier alpha value is -1.61. The average Bonchev–Trinajstić information content (AvgIpc) is 2.86. The standard InChI is InChI=1S/C16H14BrF3N4S/c1-4-25-12-6-10(17)8(2)22-13(12)15-23-11-5-9(16(18,19)20)7-21-14(11)24(15)3/h5-7H,4H2,1-3H3. The minimum Gasteiger partial charge on any atom is -0.310 e. The lowest BCUT2D eigenvalue weighted by molar-refractivity contribution is -0.137. The fourth-order valence-corrected chi connectivity index (χ4v) is 3.69. The summed E-state index contributed by atoms with van der Waals surface area (Å²) in [5, 5.41) is 0. The first kappa shape index (κ1) is 18.2. The number of hydrogen-bond acceptors (Lipinski definition) is 4. The molecule has 3 rings (SSSR count).